The highest BCUT2D eigenvalue weighted by Crippen LogP contribution is 2.27. The van der Waals surface area contributed by atoms with Gasteiger partial charge < -0.3 is 4.74 Å². The molecular weight excluding hydrogens is 138 g/mol. The van der Waals surface area contributed by atoms with Crippen molar-refractivity contribution in [3.05, 3.63) is 24.3 Å². The van der Waals surface area contributed by atoms with Crippen LogP contribution in [-0.2, 0) is 0 Å². The van der Waals surface area contributed by atoms with Crippen molar-refractivity contribution in [2.45, 2.75) is 6.42 Å². The highest BCUT2D eigenvalue weighted by molar-refractivity contribution is 5.67. The van der Waals surface area contributed by atoms with Gasteiger partial charge in [0.2, 0.25) is 0 Å². The quantitative estimate of drug-likeness (QED) is 0.551. The van der Waals surface area contributed by atoms with Crippen LogP contribution in [0.3, 0.4) is 0 Å². The van der Waals surface area contributed by atoms with E-state index in [2.05, 4.69) is 4.99 Å². The van der Waals surface area contributed by atoms with Crippen LogP contribution in [0, 0.1) is 0 Å². The molecule has 56 valence electrons. The fourth-order valence-corrected chi connectivity index (χ4v) is 1.07. The molecule has 0 atom stereocenters. The van der Waals surface area contributed by atoms with E-state index in [1.165, 1.54) is 0 Å². The molecule has 0 N–H and O–H groups in total. The zero-order valence-electron chi connectivity index (χ0n) is 6.16. The number of hydrogen-bond acceptors (Lipinski definition) is 2. The maximum atomic E-state index is 5.42. The summed E-state index contributed by atoms with van der Waals surface area (Å²) < 4.78 is 5.42. The molecule has 0 radical (unpaired) electrons. The summed E-state index contributed by atoms with van der Waals surface area (Å²) in [4.78, 5) is 4.24. The summed E-state index contributed by atoms with van der Waals surface area (Å²) >= 11 is 0. The summed E-state index contributed by atoms with van der Waals surface area (Å²) in [5.74, 6) is 0.890. The van der Waals surface area contributed by atoms with E-state index < -0.39 is 0 Å². The van der Waals surface area contributed by atoms with Crippen molar-refractivity contribution in [1.29, 1.82) is 0 Å². The summed E-state index contributed by atoms with van der Waals surface area (Å²) in [7, 11) is 0. The van der Waals surface area contributed by atoms with Crippen molar-refractivity contribution in [3.63, 3.8) is 0 Å². The van der Waals surface area contributed by atoms with E-state index in [0.29, 0.717) is 0 Å². The van der Waals surface area contributed by atoms with Gasteiger partial charge in [-0.1, -0.05) is 12.1 Å². The lowest BCUT2D eigenvalue weighted by atomic mass is 10.3. The van der Waals surface area contributed by atoms with E-state index in [-0.39, 0.29) is 0 Å². The van der Waals surface area contributed by atoms with Crippen LogP contribution in [0.4, 0.5) is 5.69 Å². The molecule has 1 aliphatic rings. The normalized spacial score (nSPS) is 14.9. The first-order chi connectivity index (χ1) is 5.47. The SMILES string of the molecule is C1=Nc2ccccc2OCC1. The van der Waals surface area contributed by atoms with Gasteiger partial charge in [-0.25, -0.2) is 0 Å². The van der Waals surface area contributed by atoms with Crippen molar-refractivity contribution in [2.24, 2.45) is 4.99 Å². The number of rotatable bonds is 0. The van der Waals surface area contributed by atoms with Gasteiger partial charge in [-0.15, -0.1) is 0 Å². The van der Waals surface area contributed by atoms with Crippen LogP contribution in [-0.4, -0.2) is 12.8 Å². The molecule has 0 aromatic heterocycles. The average Bonchev–Trinajstić information content (AvgIpc) is 2.28. The Bertz CT molecular complexity index is 281. The molecule has 0 spiro atoms. The van der Waals surface area contributed by atoms with Gasteiger partial charge in [0.05, 0.1) is 6.61 Å². The maximum Gasteiger partial charge on any atom is 0.144 e. The summed E-state index contributed by atoms with van der Waals surface area (Å²) in [6.45, 7) is 0.737. The van der Waals surface area contributed by atoms with E-state index in [0.717, 1.165) is 24.5 Å². The molecule has 2 rings (SSSR count). The van der Waals surface area contributed by atoms with Gasteiger partial charge in [0, 0.05) is 12.6 Å². The molecule has 2 heteroatoms. The second-order valence-electron chi connectivity index (χ2n) is 2.42. The molecular formula is C9H9NO. The number of nitrogens with zero attached hydrogens (tertiary/aromatic N) is 1. The first kappa shape index (κ1) is 6.40. The molecule has 1 aromatic rings. The maximum absolute atomic E-state index is 5.42. The van der Waals surface area contributed by atoms with E-state index in [4.69, 9.17) is 4.74 Å². The van der Waals surface area contributed by atoms with Gasteiger partial charge in [-0.05, 0) is 12.1 Å². The largest absolute Gasteiger partial charge is 0.491 e. The van der Waals surface area contributed by atoms with Gasteiger partial charge in [0.1, 0.15) is 11.4 Å². The molecule has 0 saturated carbocycles. The van der Waals surface area contributed by atoms with Crippen LogP contribution >= 0.6 is 0 Å². The first-order valence-electron chi connectivity index (χ1n) is 3.71. The second kappa shape index (κ2) is 2.74. The Hall–Kier alpha value is -1.31. The monoisotopic (exact) mass is 147 g/mol. The van der Waals surface area contributed by atoms with Crippen molar-refractivity contribution in [1.82, 2.24) is 0 Å². The lowest BCUT2D eigenvalue weighted by molar-refractivity contribution is 0.334. The van der Waals surface area contributed by atoms with E-state index in [1.807, 2.05) is 30.5 Å². The molecule has 11 heavy (non-hydrogen) atoms. The van der Waals surface area contributed by atoms with Crippen LogP contribution in [0.5, 0.6) is 5.75 Å². The molecule has 2 nitrogen and oxygen atoms in total. The Kier molecular flexibility index (Phi) is 1.60. The Balaban J connectivity index is 2.45. The van der Waals surface area contributed by atoms with E-state index >= 15 is 0 Å². The van der Waals surface area contributed by atoms with Gasteiger partial charge in [-0.3, -0.25) is 4.99 Å². The molecule has 0 amide bonds. The number of benzene rings is 1. The number of para-hydroxylation sites is 2. The van der Waals surface area contributed by atoms with Crippen LogP contribution in [0.1, 0.15) is 6.42 Å². The number of fused-ring (bicyclic) bond motifs is 1. The Morgan fingerprint density at radius 3 is 3.18 bits per heavy atom. The number of ether oxygens (including phenoxy) is 1. The Labute approximate surface area is 65.5 Å². The summed E-state index contributed by atoms with van der Waals surface area (Å²) in [5, 5.41) is 0. The highest BCUT2D eigenvalue weighted by Gasteiger charge is 2.02. The number of hydrogen-bond donors (Lipinski definition) is 0. The zero-order chi connectivity index (χ0) is 7.52. The van der Waals surface area contributed by atoms with Gasteiger partial charge in [0.15, 0.2) is 0 Å². The molecule has 0 saturated heterocycles. The summed E-state index contributed by atoms with van der Waals surface area (Å²) in [5.41, 5.74) is 0.935. The molecule has 0 fully saturated rings. The third-order valence-corrected chi connectivity index (χ3v) is 1.60. The lowest BCUT2D eigenvalue weighted by Crippen LogP contribution is -1.94. The van der Waals surface area contributed by atoms with Crippen LogP contribution in [0.25, 0.3) is 0 Å². The standard InChI is InChI=1S/C9H9NO/c1-2-5-9-8(4-1)10-6-3-7-11-9/h1-2,4-6H,3,7H2. The van der Waals surface area contributed by atoms with Crippen LogP contribution in [0.15, 0.2) is 29.3 Å². The molecule has 1 heterocycles. The van der Waals surface area contributed by atoms with Crippen LogP contribution < -0.4 is 4.74 Å². The molecule has 0 unspecified atom stereocenters. The molecule has 0 aliphatic carbocycles. The molecule has 1 aromatic carbocycles. The smallest absolute Gasteiger partial charge is 0.144 e. The third-order valence-electron chi connectivity index (χ3n) is 1.60. The fraction of sp³-hybridized carbons (Fsp3) is 0.222. The average molecular weight is 147 g/mol. The zero-order valence-corrected chi connectivity index (χ0v) is 6.16. The van der Waals surface area contributed by atoms with Gasteiger partial charge >= 0.3 is 0 Å². The van der Waals surface area contributed by atoms with Crippen molar-refractivity contribution in [2.75, 3.05) is 6.61 Å². The predicted octanol–water partition coefficient (Wildman–Crippen LogP) is 2.17. The minimum absolute atomic E-state index is 0.737. The minimum Gasteiger partial charge on any atom is -0.491 e. The summed E-state index contributed by atoms with van der Waals surface area (Å²) in [6, 6.07) is 7.82. The molecule has 1 aliphatic heterocycles. The van der Waals surface area contributed by atoms with Crippen molar-refractivity contribution in [3.8, 4) is 5.75 Å². The minimum atomic E-state index is 0.737. The second-order valence-corrected chi connectivity index (χ2v) is 2.42. The third kappa shape index (κ3) is 1.24. The first-order valence-corrected chi connectivity index (χ1v) is 3.71. The van der Waals surface area contributed by atoms with E-state index in [9.17, 15) is 0 Å². The molecule has 0 bridgehead atoms. The van der Waals surface area contributed by atoms with Gasteiger partial charge in [0.25, 0.3) is 0 Å². The predicted molar refractivity (Wildman–Crippen MR) is 44.7 cm³/mol. The van der Waals surface area contributed by atoms with Crippen molar-refractivity contribution < 1.29 is 4.74 Å². The topological polar surface area (TPSA) is 21.6 Å². The Morgan fingerprint density at radius 1 is 1.27 bits per heavy atom. The van der Waals surface area contributed by atoms with Crippen LogP contribution in [0.2, 0.25) is 0 Å². The highest BCUT2D eigenvalue weighted by atomic mass is 16.5. The lowest BCUT2D eigenvalue weighted by Gasteiger charge is -2.02. The van der Waals surface area contributed by atoms with Gasteiger partial charge in [-0.2, -0.15) is 0 Å². The van der Waals surface area contributed by atoms with E-state index in [1.54, 1.807) is 0 Å². The Morgan fingerprint density at radius 2 is 2.18 bits per heavy atom. The number of aliphatic imine (C=N–C) groups is 1. The fourth-order valence-electron chi connectivity index (χ4n) is 1.07. The summed E-state index contributed by atoms with van der Waals surface area (Å²) in [6.07, 6.45) is 2.79. The van der Waals surface area contributed by atoms with Crippen molar-refractivity contribution >= 4 is 11.9 Å².